The third-order valence-corrected chi connectivity index (χ3v) is 8.49. The van der Waals surface area contributed by atoms with Crippen LogP contribution in [0, 0.1) is 10.1 Å². The van der Waals surface area contributed by atoms with E-state index in [0.717, 1.165) is 42.0 Å². The van der Waals surface area contributed by atoms with Crippen molar-refractivity contribution in [3.8, 4) is 11.5 Å². The molecule has 0 atom stereocenters. The topological polar surface area (TPSA) is 261 Å². The molecule has 5 aromatic carbocycles. The normalized spacial score (nSPS) is 11.5. The quantitative estimate of drug-likeness (QED) is 0.0554. The van der Waals surface area contributed by atoms with Crippen molar-refractivity contribution >= 4 is 72.4 Å². The first-order valence-electron chi connectivity index (χ1n) is 14.4. The summed E-state index contributed by atoms with van der Waals surface area (Å²) in [6.45, 7) is 1.10. The minimum absolute atomic E-state index is 0. The molecule has 16 nitrogen and oxygen atoms in total. The zero-order chi connectivity index (χ0) is 37.3. The van der Waals surface area contributed by atoms with Crippen molar-refractivity contribution in [2.45, 2.75) is 11.8 Å². The molecule has 5 aromatic rings. The maximum Gasteiger partial charge on any atom is 3.00 e. The number of benzene rings is 5. The predicted octanol–water partition coefficient (Wildman–Crippen LogP) is 3.56. The van der Waals surface area contributed by atoms with Crippen LogP contribution in [0.4, 0.5) is 34.1 Å². The van der Waals surface area contributed by atoms with Gasteiger partial charge in [-0.2, -0.15) is 15.3 Å². The number of anilines is 1. The van der Waals surface area contributed by atoms with Crippen LogP contribution in [0.2, 0.25) is 5.02 Å². The van der Waals surface area contributed by atoms with E-state index in [0.29, 0.717) is 5.69 Å². The fourth-order valence-corrected chi connectivity index (χ4v) is 5.08. The van der Waals surface area contributed by atoms with Crippen molar-refractivity contribution in [1.29, 1.82) is 0 Å². The van der Waals surface area contributed by atoms with Crippen LogP contribution >= 0.6 is 11.6 Å². The Morgan fingerprint density at radius 3 is 2.19 bits per heavy atom. The van der Waals surface area contributed by atoms with Gasteiger partial charge in [-0.3, -0.25) is 14.9 Å². The van der Waals surface area contributed by atoms with Crippen LogP contribution in [0.3, 0.4) is 0 Å². The Morgan fingerprint density at radius 1 is 0.868 bits per heavy atom. The molecule has 0 heterocycles. The molecule has 0 radical (unpaired) electrons. The van der Waals surface area contributed by atoms with Gasteiger partial charge >= 0.3 is 46.3 Å². The van der Waals surface area contributed by atoms with Crippen LogP contribution in [0.25, 0.3) is 16.5 Å². The van der Waals surface area contributed by atoms with Crippen molar-refractivity contribution in [2.24, 2.45) is 20.5 Å². The maximum absolute atomic E-state index is 12.3. The molecule has 0 saturated carbocycles. The van der Waals surface area contributed by atoms with Gasteiger partial charge in [0.05, 0.1) is 37.6 Å². The number of nitrogens with one attached hydrogen (secondary N) is 3. The van der Waals surface area contributed by atoms with Gasteiger partial charge in [-0.05, 0) is 42.8 Å². The SMILES string of the molecule is CNS(=O)(=O)c1ccc([O-])c(N=N/C(C(=O)Nc2ccccc2Cl)=C(\C)[O-])c1.[Co+3].[NH-]c1ccc2ccccc2c1N=Nc1ccc([N+](=O)[O-])cc1[O-].[Na+]. The van der Waals surface area contributed by atoms with E-state index in [4.69, 9.17) is 17.3 Å². The number of hydrogen-bond donors (Lipinski definition) is 2. The summed E-state index contributed by atoms with van der Waals surface area (Å²) in [6, 6.07) is 23.6. The number of non-ortho nitro benzene ring substituents is 1. The average Bonchev–Trinajstić information content (AvgIpc) is 3.10. The van der Waals surface area contributed by atoms with Crippen molar-refractivity contribution in [3.63, 3.8) is 0 Å². The van der Waals surface area contributed by atoms with E-state index < -0.39 is 43.8 Å². The van der Waals surface area contributed by atoms with E-state index >= 15 is 0 Å². The number of azo groups is 2. The molecule has 3 N–H and O–H groups in total. The van der Waals surface area contributed by atoms with Gasteiger partial charge in [0.15, 0.2) is 0 Å². The third-order valence-electron chi connectivity index (χ3n) is 6.75. The maximum atomic E-state index is 12.3. The summed E-state index contributed by atoms with van der Waals surface area (Å²) in [5, 5.41) is 65.4. The van der Waals surface area contributed by atoms with Gasteiger partial charge in [0.1, 0.15) is 5.70 Å². The molecule has 0 aliphatic carbocycles. The molecule has 0 aliphatic rings. The number of halogens is 1. The van der Waals surface area contributed by atoms with Gasteiger partial charge in [-0.25, -0.2) is 13.1 Å². The van der Waals surface area contributed by atoms with Crippen LogP contribution in [0.5, 0.6) is 11.5 Å². The van der Waals surface area contributed by atoms with Crippen LogP contribution in [0.1, 0.15) is 6.92 Å². The zero-order valence-electron chi connectivity index (χ0n) is 27.9. The van der Waals surface area contributed by atoms with Gasteiger partial charge in [-0.1, -0.05) is 84.6 Å². The van der Waals surface area contributed by atoms with Crippen molar-refractivity contribution in [3.05, 3.63) is 129 Å². The number of carbonyl (C=O) groups is 1. The largest absolute Gasteiger partial charge is 3.00 e. The Balaban J connectivity index is 0.000000359. The summed E-state index contributed by atoms with van der Waals surface area (Å²) in [5.74, 6) is -2.81. The number of sulfonamides is 1. The fourth-order valence-electron chi connectivity index (χ4n) is 4.15. The van der Waals surface area contributed by atoms with E-state index in [1.54, 1.807) is 24.3 Å². The molecule has 1 amide bonds. The molecule has 0 bridgehead atoms. The van der Waals surface area contributed by atoms with Crippen LogP contribution in [-0.2, 0) is 31.6 Å². The molecule has 0 saturated heterocycles. The molecule has 0 spiro atoms. The Bertz CT molecular complexity index is 2340. The summed E-state index contributed by atoms with van der Waals surface area (Å²) in [4.78, 5) is 22.1. The van der Waals surface area contributed by atoms with Gasteiger partial charge in [0.25, 0.3) is 11.6 Å². The summed E-state index contributed by atoms with van der Waals surface area (Å²) < 4.78 is 25.8. The third kappa shape index (κ3) is 11.5. The van der Waals surface area contributed by atoms with Crippen LogP contribution in [0.15, 0.2) is 134 Å². The van der Waals surface area contributed by atoms with E-state index in [9.17, 15) is 38.6 Å². The Kier molecular flexibility index (Phi) is 16.5. The fraction of sp³-hybridized carbons (Fsp3) is 0.0606. The Hall–Kier alpha value is -4.92. The zero-order valence-corrected chi connectivity index (χ0v) is 32.5. The molecular weight excluding hydrogens is 786 g/mol. The number of nitro benzene ring substituents is 1. The predicted molar refractivity (Wildman–Crippen MR) is 184 cm³/mol. The van der Waals surface area contributed by atoms with Gasteiger partial charge in [-0.15, -0.1) is 16.6 Å². The van der Waals surface area contributed by atoms with Gasteiger partial charge in [0.2, 0.25) is 10.0 Å². The molecule has 20 heteroatoms. The molecule has 5 rings (SSSR count). The van der Waals surface area contributed by atoms with E-state index in [1.807, 2.05) is 30.3 Å². The molecule has 0 fully saturated rings. The number of nitro groups is 1. The van der Waals surface area contributed by atoms with E-state index in [-0.39, 0.29) is 84.7 Å². The van der Waals surface area contributed by atoms with Crippen molar-refractivity contribution in [1.82, 2.24) is 4.72 Å². The molecular formula is C33H25ClCoN8NaO8S. The monoisotopic (exact) mass is 810 g/mol. The first-order valence-corrected chi connectivity index (χ1v) is 16.3. The smallest absolute Gasteiger partial charge is 0.874 e. The minimum Gasteiger partial charge on any atom is -0.874 e. The van der Waals surface area contributed by atoms with Crippen LogP contribution < -0.4 is 54.9 Å². The molecule has 0 aliphatic heterocycles. The summed E-state index contributed by atoms with van der Waals surface area (Å²) in [7, 11) is -2.60. The number of amides is 1. The number of carbonyl (C=O) groups excluding carboxylic acids is 1. The molecule has 0 unspecified atom stereocenters. The second kappa shape index (κ2) is 19.8. The molecule has 0 aromatic heterocycles. The second-order valence-corrected chi connectivity index (χ2v) is 12.5. The van der Waals surface area contributed by atoms with Gasteiger partial charge in [0, 0.05) is 17.5 Å². The summed E-state index contributed by atoms with van der Waals surface area (Å²) in [5.41, 5.74) is 7.50. The van der Waals surface area contributed by atoms with E-state index in [2.05, 4.69) is 30.5 Å². The number of hydrogen-bond acceptors (Lipinski definition) is 12. The second-order valence-electron chi connectivity index (χ2n) is 10.2. The number of para-hydroxylation sites is 1. The number of nitrogens with zero attached hydrogens (tertiary/aromatic N) is 5. The van der Waals surface area contributed by atoms with Gasteiger partial charge < -0.3 is 26.4 Å². The summed E-state index contributed by atoms with van der Waals surface area (Å²) >= 11 is 5.95. The Labute approximate surface area is 340 Å². The molecule has 53 heavy (non-hydrogen) atoms. The summed E-state index contributed by atoms with van der Waals surface area (Å²) in [6.07, 6.45) is 0. The standard InChI is InChI=1S/C17H17ClN4O5S.C16H11N4O3.Co.Na/c1-10(23)16(17(25)20-13-6-4-3-5-12(13)18)22-21-14-9-11(7-8-15(14)24)28(26,27)19-2;17-13-7-5-10-3-1-2-4-12(10)16(13)19-18-14-8-6-11(20(22)23)9-15(14)21;;/h3-9,19,23-24H,1-2H3,(H,20,25);1-9H,(H2-,17,18,19,21);;/q;-1;+3;+1/p-3/b16-10+,22-21?;;;. The minimum atomic E-state index is -3.81. The Morgan fingerprint density at radius 2 is 1.55 bits per heavy atom. The number of allylic oxidation sites excluding steroid dienone is 1. The van der Waals surface area contributed by atoms with Crippen molar-refractivity contribution in [2.75, 3.05) is 12.4 Å². The first kappa shape index (κ1) is 44.2. The first-order chi connectivity index (χ1) is 24.2. The number of rotatable bonds is 9. The number of fused-ring (bicyclic) bond motifs is 1. The van der Waals surface area contributed by atoms with Crippen LogP contribution in [-0.4, -0.2) is 26.3 Å². The average molecular weight is 811 g/mol. The van der Waals surface area contributed by atoms with Crippen molar-refractivity contribution < 1.29 is 79.8 Å². The van der Waals surface area contributed by atoms with E-state index in [1.165, 1.54) is 25.2 Å². The molecule has 268 valence electrons.